The Bertz CT molecular complexity index is 1440. The number of nitrogens with one attached hydrogen (secondary N) is 1. The zero-order valence-corrected chi connectivity index (χ0v) is 20.5. The van der Waals surface area contributed by atoms with Crippen LogP contribution >= 0.6 is 23.2 Å². The minimum Gasteiger partial charge on any atom is -0.371 e. The molecule has 3 aromatic carbocycles. The highest BCUT2D eigenvalue weighted by molar-refractivity contribution is 6.43. The minimum absolute atomic E-state index is 0.0850. The predicted molar refractivity (Wildman–Crippen MR) is 143 cm³/mol. The van der Waals surface area contributed by atoms with Gasteiger partial charge in [0.2, 0.25) is 0 Å². The Hall–Kier alpha value is -3.52. The average Bonchev–Trinajstić information content (AvgIpc) is 2.89. The van der Waals surface area contributed by atoms with Gasteiger partial charge in [0, 0.05) is 47.5 Å². The summed E-state index contributed by atoms with van der Waals surface area (Å²) in [6.07, 6.45) is 3.53. The number of carbonyl (C=O) groups excluding carboxylic acids is 1. The summed E-state index contributed by atoms with van der Waals surface area (Å²) in [5.74, 6) is 6.25. The first-order chi connectivity index (χ1) is 17.1. The van der Waals surface area contributed by atoms with Gasteiger partial charge >= 0.3 is 0 Å². The molecule has 0 bridgehead atoms. The number of amides is 1. The molecule has 1 aliphatic heterocycles. The first-order valence-corrected chi connectivity index (χ1v) is 12.3. The van der Waals surface area contributed by atoms with Crippen LogP contribution in [0.4, 0.5) is 5.69 Å². The van der Waals surface area contributed by atoms with Crippen molar-refractivity contribution >= 4 is 45.7 Å². The fourth-order valence-electron chi connectivity index (χ4n) is 4.36. The summed E-state index contributed by atoms with van der Waals surface area (Å²) in [6.45, 7) is 1.67. The Balaban J connectivity index is 1.27. The van der Waals surface area contributed by atoms with E-state index in [-0.39, 0.29) is 11.9 Å². The molecule has 6 heteroatoms. The monoisotopic (exact) mass is 499 g/mol. The summed E-state index contributed by atoms with van der Waals surface area (Å²) in [5, 5.41) is 4.89. The van der Waals surface area contributed by atoms with Crippen LogP contribution in [0.15, 0.2) is 79.0 Å². The maximum Gasteiger partial charge on any atom is 0.253 e. The summed E-state index contributed by atoms with van der Waals surface area (Å²) in [4.78, 5) is 19.6. The van der Waals surface area contributed by atoms with Crippen LogP contribution in [0.1, 0.15) is 34.3 Å². The number of hydrogen-bond donors (Lipinski definition) is 1. The van der Waals surface area contributed by atoms with Gasteiger partial charge in [0.05, 0.1) is 21.1 Å². The van der Waals surface area contributed by atoms with Crippen LogP contribution in [0.3, 0.4) is 0 Å². The highest BCUT2D eigenvalue weighted by atomic mass is 35.5. The van der Waals surface area contributed by atoms with Gasteiger partial charge in [0.25, 0.3) is 5.91 Å². The quantitative estimate of drug-likeness (QED) is 0.334. The van der Waals surface area contributed by atoms with Gasteiger partial charge in [-0.1, -0.05) is 59.3 Å². The number of nitrogens with zero attached hydrogens (tertiary/aromatic N) is 2. The van der Waals surface area contributed by atoms with Gasteiger partial charge in [0.15, 0.2) is 0 Å². The largest absolute Gasteiger partial charge is 0.371 e. The number of fused-ring (bicyclic) bond motifs is 1. The number of anilines is 1. The van der Waals surface area contributed by atoms with Crippen molar-refractivity contribution in [1.29, 1.82) is 0 Å². The van der Waals surface area contributed by atoms with Crippen molar-refractivity contribution in [1.82, 2.24) is 10.3 Å². The maximum absolute atomic E-state index is 12.7. The van der Waals surface area contributed by atoms with E-state index < -0.39 is 0 Å². The van der Waals surface area contributed by atoms with Crippen LogP contribution in [-0.4, -0.2) is 30.0 Å². The third kappa shape index (κ3) is 5.27. The fourth-order valence-corrected chi connectivity index (χ4v) is 4.75. The first-order valence-electron chi connectivity index (χ1n) is 11.5. The van der Waals surface area contributed by atoms with Crippen LogP contribution in [-0.2, 0) is 0 Å². The number of rotatable bonds is 3. The molecule has 4 aromatic rings. The molecule has 1 aromatic heterocycles. The molecule has 4 nitrogen and oxygen atoms in total. The lowest BCUT2D eigenvalue weighted by Gasteiger charge is -2.34. The van der Waals surface area contributed by atoms with E-state index in [1.54, 1.807) is 18.2 Å². The van der Waals surface area contributed by atoms with Gasteiger partial charge in [-0.2, -0.15) is 0 Å². The molecule has 0 atom stereocenters. The van der Waals surface area contributed by atoms with E-state index in [4.69, 9.17) is 23.2 Å². The van der Waals surface area contributed by atoms with Crippen LogP contribution in [0.2, 0.25) is 10.0 Å². The summed E-state index contributed by atoms with van der Waals surface area (Å²) in [6, 6.07) is 23.4. The first kappa shape index (κ1) is 23.2. The molecule has 1 aliphatic rings. The van der Waals surface area contributed by atoms with Crippen molar-refractivity contribution in [3.05, 3.63) is 106 Å². The van der Waals surface area contributed by atoms with Crippen LogP contribution in [0.25, 0.3) is 10.9 Å². The third-order valence-electron chi connectivity index (χ3n) is 6.21. The van der Waals surface area contributed by atoms with Crippen molar-refractivity contribution in [2.75, 3.05) is 18.0 Å². The molecule has 5 rings (SSSR count). The van der Waals surface area contributed by atoms with E-state index in [1.165, 1.54) is 0 Å². The number of carbonyl (C=O) groups is 1. The fraction of sp³-hybridized carbons (Fsp3) is 0.172. The lowest BCUT2D eigenvalue weighted by Crippen LogP contribution is -2.44. The highest BCUT2D eigenvalue weighted by Crippen LogP contribution is 2.29. The van der Waals surface area contributed by atoms with Gasteiger partial charge in [-0.05, 0) is 61.4 Å². The maximum atomic E-state index is 12.7. The molecular weight excluding hydrogens is 477 g/mol. The number of hydrogen-bond acceptors (Lipinski definition) is 3. The van der Waals surface area contributed by atoms with Gasteiger partial charge in [-0.15, -0.1) is 0 Å². The second-order valence-electron chi connectivity index (χ2n) is 8.51. The molecule has 0 unspecified atom stereocenters. The SMILES string of the molecule is O=C(NC1CCN(c2ccnc3cc(C#Cc4ccccc4)ccc23)CC1)c1cccc(Cl)c1Cl. The summed E-state index contributed by atoms with van der Waals surface area (Å²) < 4.78 is 0. The molecule has 35 heavy (non-hydrogen) atoms. The molecule has 0 saturated carbocycles. The smallest absolute Gasteiger partial charge is 0.253 e. The number of aromatic nitrogens is 1. The predicted octanol–water partition coefficient (Wildman–Crippen LogP) is 6.34. The molecular formula is C29H23Cl2N3O. The molecule has 0 aliphatic carbocycles. The van der Waals surface area contributed by atoms with Gasteiger partial charge in [-0.25, -0.2) is 0 Å². The Labute approximate surface area is 214 Å². The van der Waals surface area contributed by atoms with Crippen LogP contribution < -0.4 is 10.2 Å². The van der Waals surface area contributed by atoms with E-state index in [9.17, 15) is 4.79 Å². The Kier molecular flexibility index (Phi) is 6.90. The summed E-state index contributed by atoms with van der Waals surface area (Å²) in [5.41, 5.74) is 4.41. The Morgan fingerprint density at radius 2 is 1.69 bits per heavy atom. The average molecular weight is 500 g/mol. The Morgan fingerprint density at radius 3 is 2.49 bits per heavy atom. The van der Waals surface area contributed by atoms with Crippen molar-refractivity contribution in [2.45, 2.75) is 18.9 Å². The number of halogens is 2. The zero-order valence-electron chi connectivity index (χ0n) is 19.0. The standard InChI is InChI=1S/C29H23Cl2N3O/c30-25-8-4-7-24(28(25)31)29(35)33-22-14-17-34(18-15-22)27-13-16-32-26-19-21(11-12-23(26)27)10-9-20-5-2-1-3-6-20/h1-8,11-13,16,19,22H,14-15,17-18H2,(H,33,35). The van der Waals surface area contributed by atoms with Crippen LogP contribution in [0.5, 0.6) is 0 Å². The third-order valence-corrected chi connectivity index (χ3v) is 7.03. The van der Waals surface area contributed by atoms with Gasteiger partial charge in [0.1, 0.15) is 0 Å². The zero-order chi connectivity index (χ0) is 24.2. The second-order valence-corrected chi connectivity index (χ2v) is 9.30. The number of benzene rings is 3. The van der Waals surface area contributed by atoms with E-state index in [0.717, 1.165) is 53.6 Å². The number of pyridine rings is 1. The topological polar surface area (TPSA) is 45.2 Å². The molecule has 2 heterocycles. The molecule has 1 amide bonds. The van der Waals surface area contributed by atoms with E-state index in [0.29, 0.717) is 15.6 Å². The molecule has 1 saturated heterocycles. The lowest BCUT2D eigenvalue weighted by atomic mass is 10.0. The summed E-state index contributed by atoms with van der Waals surface area (Å²) >= 11 is 12.3. The van der Waals surface area contributed by atoms with E-state index in [1.807, 2.05) is 48.7 Å². The molecule has 0 spiro atoms. The van der Waals surface area contributed by atoms with Crippen molar-refractivity contribution in [3.8, 4) is 11.8 Å². The Morgan fingerprint density at radius 1 is 0.914 bits per heavy atom. The normalized spacial score (nSPS) is 13.8. The van der Waals surface area contributed by atoms with Crippen molar-refractivity contribution < 1.29 is 4.79 Å². The van der Waals surface area contributed by atoms with E-state index in [2.05, 4.69) is 39.2 Å². The lowest BCUT2D eigenvalue weighted by molar-refractivity contribution is 0.0931. The highest BCUT2D eigenvalue weighted by Gasteiger charge is 2.23. The van der Waals surface area contributed by atoms with Crippen molar-refractivity contribution in [3.63, 3.8) is 0 Å². The second kappa shape index (κ2) is 10.4. The van der Waals surface area contributed by atoms with E-state index >= 15 is 0 Å². The summed E-state index contributed by atoms with van der Waals surface area (Å²) in [7, 11) is 0. The molecule has 0 radical (unpaired) electrons. The molecule has 1 fully saturated rings. The van der Waals surface area contributed by atoms with Gasteiger partial charge < -0.3 is 10.2 Å². The minimum atomic E-state index is -0.186. The van der Waals surface area contributed by atoms with Crippen LogP contribution in [0, 0.1) is 11.8 Å². The number of piperidine rings is 1. The van der Waals surface area contributed by atoms with Crippen molar-refractivity contribution in [2.24, 2.45) is 0 Å². The van der Waals surface area contributed by atoms with Gasteiger partial charge in [-0.3, -0.25) is 9.78 Å². The molecule has 1 N–H and O–H groups in total. The molecule has 174 valence electrons.